The van der Waals surface area contributed by atoms with Crippen LogP contribution in [0.4, 0.5) is 0 Å². The quantitative estimate of drug-likeness (QED) is 0.607. The summed E-state index contributed by atoms with van der Waals surface area (Å²) in [7, 11) is 0. The third-order valence-corrected chi connectivity index (χ3v) is 2.90. The van der Waals surface area contributed by atoms with Crippen molar-refractivity contribution in [1.29, 1.82) is 5.41 Å². The third kappa shape index (κ3) is 3.69. The number of aliphatic imine (C=N–C) groups is 1. The van der Waals surface area contributed by atoms with Crippen molar-refractivity contribution >= 4 is 12.1 Å². The van der Waals surface area contributed by atoms with Gasteiger partial charge in [0.2, 0.25) is 0 Å². The molecule has 0 heterocycles. The fraction of sp³-hybridized carbons (Fsp3) is 0.467. The van der Waals surface area contributed by atoms with E-state index in [4.69, 9.17) is 11.1 Å². The lowest BCUT2D eigenvalue weighted by Crippen LogP contribution is -2.13. The van der Waals surface area contributed by atoms with Gasteiger partial charge >= 0.3 is 0 Å². The van der Waals surface area contributed by atoms with E-state index < -0.39 is 0 Å². The standard InChI is InChI=1S/C15H23N3/c1-10(2)12-6-5-7-13(11(3)4)14(12)8-18-9-15(16)17/h5-8,10-11H,9H2,1-4H3,(H3,16,17). The molecule has 0 atom stereocenters. The topological polar surface area (TPSA) is 62.2 Å². The van der Waals surface area contributed by atoms with Gasteiger partial charge in [-0.2, -0.15) is 0 Å². The molecule has 0 bridgehead atoms. The number of nitrogens with one attached hydrogen (secondary N) is 1. The second-order valence-electron chi connectivity index (χ2n) is 5.15. The number of benzene rings is 1. The van der Waals surface area contributed by atoms with Crippen molar-refractivity contribution in [1.82, 2.24) is 0 Å². The first kappa shape index (κ1) is 14.4. The van der Waals surface area contributed by atoms with Gasteiger partial charge in [-0.25, -0.2) is 0 Å². The average molecular weight is 245 g/mol. The predicted molar refractivity (Wildman–Crippen MR) is 79.0 cm³/mol. The molecule has 0 spiro atoms. The molecule has 0 fully saturated rings. The lowest BCUT2D eigenvalue weighted by molar-refractivity contribution is 0.830. The fourth-order valence-corrected chi connectivity index (χ4v) is 1.99. The van der Waals surface area contributed by atoms with Crippen molar-refractivity contribution in [3.8, 4) is 0 Å². The Labute approximate surface area is 110 Å². The van der Waals surface area contributed by atoms with Crippen LogP contribution < -0.4 is 5.73 Å². The zero-order valence-electron chi connectivity index (χ0n) is 11.7. The van der Waals surface area contributed by atoms with E-state index in [0.717, 1.165) is 0 Å². The summed E-state index contributed by atoms with van der Waals surface area (Å²) in [4.78, 5) is 4.25. The molecule has 0 aliphatic carbocycles. The van der Waals surface area contributed by atoms with Crippen molar-refractivity contribution in [2.45, 2.75) is 39.5 Å². The zero-order chi connectivity index (χ0) is 13.7. The highest BCUT2D eigenvalue weighted by Crippen LogP contribution is 2.26. The highest BCUT2D eigenvalue weighted by molar-refractivity contribution is 5.87. The van der Waals surface area contributed by atoms with E-state index >= 15 is 0 Å². The molecule has 0 saturated heterocycles. The van der Waals surface area contributed by atoms with Crippen LogP contribution in [-0.2, 0) is 0 Å². The first-order chi connectivity index (χ1) is 8.43. The van der Waals surface area contributed by atoms with Crippen LogP contribution in [0, 0.1) is 5.41 Å². The van der Waals surface area contributed by atoms with Gasteiger partial charge < -0.3 is 5.73 Å². The summed E-state index contributed by atoms with van der Waals surface area (Å²) in [5.41, 5.74) is 9.10. The van der Waals surface area contributed by atoms with Gasteiger partial charge in [-0.15, -0.1) is 0 Å². The molecule has 0 radical (unpaired) electrons. The molecule has 0 saturated carbocycles. The third-order valence-electron chi connectivity index (χ3n) is 2.90. The van der Waals surface area contributed by atoms with Gasteiger partial charge in [0.05, 0.1) is 6.54 Å². The summed E-state index contributed by atoms with van der Waals surface area (Å²) in [6.45, 7) is 9.00. The van der Waals surface area contributed by atoms with E-state index in [1.807, 2.05) is 6.21 Å². The normalized spacial score (nSPS) is 11.7. The summed E-state index contributed by atoms with van der Waals surface area (Å²) in [5, 5.41) is 7.20. The smallest absolute Gasteiger partial charge is 0.113 e. The van der Waals surface area contributed by atoms with Crippen molar-refractivity contribution in [2.75, 3.05) is 6.54 Å². The van der Waals surface area contributed by atoms with Gasteiger partial charge in [-0.1, -0.05) is 45.9 Å². The monoisotopic (exact) mass is 245 g/mol. The predicted octanol–water partition coefficient (Wildman–Crippen LogP) is 3.29. The van der Waals surface area contributed by atoms with Crippen LogP contribution in [0.2, 0.25) is 0 Å². The highest BCUT2D eigenvalue weighted by Gasteiger charge is 2.11. The van der Waals surface area contributed by atoms with Crippen LogP contribution in [0.25, 0.3) is 0 Å². The van der Waals surface area contributed by atoms with Gasteiger partial charge in [0.15, 0.2) is 0 Å². The van der Waals surface area contributed by atoms with E-state index in [2.05, 4.69) is 50.9 Å². The molecular formula is C15H23N3. The highest BCUT2D eigenvalue weighted by atomic mass is 14.8. The average Bonchev–Trinajstić information content (AvgIpc) is 2.28. The molecular weight excluding hydrogens is 222 g/mol. The van der Waals surface area contributed by atoms with E-state index in [9.17, 15) is 0 Å². The molecule has 1 rings (SSSR count). The maximum atomic E-state index is 7.20. The van der Waals surface area contributed by atoms with Crippen LogP contribution in [0.5, 0.6) is 0 Å². The second kappa shape index (κ2) is 6.34. The Kier molecular flexibility index (Phi) is 5.08. The van der Waals surface area contributed by atoms with Crippen molar-refractivity contribution in [3.05, 3.63) is 34.9 Å². The van der Waals surface area contributed by atoms with Gasteiger partial charge in [0, 0.05) is 6.21 Å². The summed E-state index contributed by atoms with van der Waals surface area (Å²) in [5.74, 6) is 1.02. The van der Waals surface area contributed by atoms with Gasteiger partial charge in [-0.3, -0.25) is 10.4 Å². The SMILES string of the molecule is CC(C)c1cccc(C(C)C)c1C=NCC(=N)N. The summed E-state index contributed by atoms with van der Waals surface area (Å²) in [6.07, 6.45) is 1.87. The van der Waals surface area contributed by atoms with Crippen LogP contribution >= 0.6 is 0 Å². The number of nitrogens with two attached hydrogens (primary N) is 1. The molecule has 1 aromatic carbocycles. The Morgan fingerprint density at radius 1 is 1.22 bits per heavy atom. The molecule has 3 nitrogen and oxygen atoms in total. The molecule has 3 N–H and O–H groups in total. The molecule has 0 unspecified atom stereocenters. The van der Waals surface area contributed by atoms with E-state index in [0.29, 0.717) is 11.8 Å². The number of rotatable bonds is 5. The number of amidine groups is 1. The molecule has 98 valence electrons. The van der Waals surface area contributed by atoms with Crippen molar-refractivity contribution in [3.63, 3.8) is 0 Å². The van der Waals surface area contributed by atoms with Crippen LogP contribution in [0.1, 0.15) is 56.2 Å². The first-order valence-electron chi connectivity index (χ1n) is 6.39. The number of nitrogens with zero attached hydrogens (tertiary/aromatic N) is 1. The van der Waals surface area contributed by atoms with Gasteiger partial charge in [0.25, 0.3) is 0 Å². The van der Waals surface area contributed by atoms with E-state index in [-0.39, 0.29) is 12.4 Å². The van der Waals surface area contributed by atoms with Gasteiger partial charge in [0.1, 0.15) is 5.84 Å². The number of hydrogen-bond acceptors (Lipinski definition) is 2. The van der Waals surface area contributed by atoms with E-state index in [1.165, 1.54) is 16.7 Å². The number of hydrogen-bond donors (Lipinski definition) is 2. The molecule has 0 aromatic heterocycles. The summed E-state index contributed by atoms with van der Waals surface area (Å²) < 4.78 is 0. The van der Waals surface area contributed by atoms with Crippen LogP contribution in [0.15, 0.2) is 23.2 Å². The summed E-state index contributed by atoms with van der Waals surface area (Å²) in [6, 6.07) is 6.39. The minimum absolute atomic E-state index is 0.0966. The Bertz CT molecular complexity index is 419. The van der Waals surface area contributed by atoms with E-state index in [1.54, 1.807) is 0 Å². The molecule has 3 heteroatoms. The van der Waals surface area contributed by atoms with Crippen molar-refractivity contribution < 1.29 is 0 Å². The Morgan fingerprint density at radius 3 is 2.11 bits per heavy atom. The first-order valence-corrected chi connectivity index (χ1v) is 6.39. The Morgan fingerprint density at radius 2 is 1.72 bits per heavy atom. The van der Waals surface area contributed by atoms with Crippen LogP contribution in [-0.4, -0.2) is 18.6 Å². The minimum Gasteiger partial charge on any atom is -0.386 e. The lowest BCUT2D eigenvalue weighted by atomic mass is 9.89. The maximum absolute atomic E-state index is 7.20. The summed E-state index contributed by atoms with van der Waals surface area (Å²) >= 11 is 0. The molecule has 0 amide bonds. The zero-order valence-corrected chi connectivity index (χ0v) is 11.7. The Balaban J connectivity index is 3.18. The maximum Gasteiger partial charge on any atom is 0.113 e. The van der Waals surface area contributed by atoms with Crippen molar-refractivity contribution in [2.24, 2.45) is 10.7 Å². The van der Waals surface area contributed by atoms with Crippen LogP contribution in [0.3, 0.4) is 0 Å². The largest absolute Gasteiger partial charge is 0.386 e. The molecule has 18 heavy (non-hydrogen) atoms. The fourth-order valence-electron chi connectivity index (χ4n) is 1.99. The van der Waals surface area contributed by atoms with Gasteiger partial charge in [-0.05, 0) is 28.5 Å². The second-order valence-corrected chi connectivity index (χ2v) is 5.15. The molecule has 0 aliphatic rings. The minimum atomic E-state index is 0.0966. The molecule has 1 aromatic rings. The molecule has 0 aliphatic heterocycles. The Hall–Kier alpha value is -1.64. The lowest BCUT2D eigenvalue weighted by Gasteiger charge is -2.16.